The Morgan fingerprint density at radius 1 is 1.00 bits per heavy atom. The molecule has 2 rings (SSSR count). The van der Waals surface area contributed by atoms with Gasteiger partial charge in [0.2, 0.25) is 0 Å². The molecule has 0 saturated heterocycles. The maximum Gasteiger partial charge on any atom is 0.131 e. The lowest BCUT2D eigenvalue weighted by Gasteiger charge is -2.11. The van der Waals surface area contributed by atoms with Crippen molar-refractivity contribution in [3.05, 3.63) is 59.2 Å². The van der Waals surface area contributed by atoms with Gasteiger partial charge < -0.3 is 5.32 Å². The number of aryl methyl sites for hydroxylation is 1. The number of benzene rings is 2. The molecule has 0 heterocycles. The van der Waals surface area contributed by atoms with Crippen molar-refractivity contribution in [2.45, 2.75) is 13.5 Å². The van der Waals surface area contributed by atoms with Crippen LogP contribution in [0.2, 0.25) is 0 Å². The third-order valence-corrected chi connectivity index (χ3v) is 2.85. The van der Waals surface area contributed by atoms with Gasteiger partial charge in [-0.3, -0.25) is 0 Å². The lowest BCUT2D eigenvalue weighted by Crippen LogP contribution is -2.07. The molecular weight excluding hydrogens is 232 g/mol. The maximum atomic E-state index is 13.8. The van der Waals surface area contributed by atoms with E-state index in [1.165, 1.54) is 6.07 Å². The first-order valence-corrected chi connectivity index (χ1v) is 5.81. The summed E-state index contributed by atoms with van der Waals surface area (Å²) in [7, 11) is 1.82. The first-order valence-electron chi connectivity index (χ1n) is 5.81. The third kappa shape index (κ3) is 2.57. The van der Waals surface area contributed by atoms with E-state index in [4.69, 9.17) is 0 Å². The molecule has 2 aromatic carbocycles. The predicted molar refractivity (Wildman–Crippen MR) is 69.3 cm³/mol. The van der Waals surface area contributed by atoms with Crippen LogP contribution in [0.1, 0.15) is 11.1 Å². The Balaban J connectivity index is 2.61. The highest BCUT2D eigenvalue weighted by Crippen LogP contribution is 2.28. The minimum Gasteiger partial charge on any atom is -0.316 e. The van der Waals surface area contributed by atoms with Crippen molar-refractivity contribution < 1.29 is 8.78 Å². The Morgan fingerprint density at radius 3 is 2.50 bits per heavy atom. The van der Waals surface area contributed by atoms with Gasteiger partial charge in [-0.1, -0.05) is 23.8 Å². The van der Waals surface area contributed by atoms with Crippen LogP contribution in [0.25, 0.3) is 11.1 Å². The Morgan fingerprint density at radius 2 is 1.78 bits per heavy atom. The van der Waals surface area contributed by atoms with E-state index in [0.717, 1.165) is 28.8 Å². The van der Waals surface area contributed by atoms with Crippen molar-refractivity contribution in [3.8, 4) is 11.1 Å². The zero-order chi connectivity index (χ0) is 13.1. The van der Waals surface area contributed by atoms with E-state index >= 15 is 0 Å². The summed E-state index contributed by atoms with van der Waals surface area (Å²) in [5.74, 6) is -0.831. The Hall–Kier alpha value is -1.74. The van der Waals surface area contributed by atoms with Crippen molar-refractivity contribution >= 4 is 0 Å². The molecular formula is C15H15F2N. The standard InChI is InChI=1S/C15H15F2N/c1-10-3-4-11(9-18-2)13(7-10)14-8-12(16)5-6-15(14)17/h3-8,18H,9H2,1-2H3. The normalized spacial score (nSPS) is 10.7. The average Bonchev–Trinajstić information content (AvgIpc) is 2.35. The molecule has 0 amide bonds. The van der Waals surface area contributed by atoms with E-state index in [1.54, 1.807) is 0 Å². The van der Waals surface area contributed by atoms with Crippen molar-refractivity contribution in [1.82, 2.24) is 5.32 Å². The molecule has 18 heavy (non-hydrogen) atoms. The molecule has 0 fully saturated rings. The highest BCUT2D eigenvalue weighted by Gasteiger charge is 2.11. The van der Waals surface area contributed by atoms with Crippen LogP contribution >= 0.6 is 0 Å². The van der Waals surface area contributed by atoms with Crippen molar-refractivity contribution in [2.75, 3.05) is 7.05 Å². The number of rotatable bonds is 3. The Bertz CT molecular complexity index is 564. The molecule has 3 heteroatoms. The quantitative estimate of drug-likeness (QED) is 0.872. The van der Waals surface area contributed by atoms with Gasteiger partial charge in [-0.15, -0.1) is 0 Å². The van der Waals surface area contributed by atoms with Gasteiger partial charge in [0.1, 0.15) is 11.6 Å². The first kappa shape index (κ1) is 12.7. The molecule has 0 saturated carbocycles. The fourth-order valence-electron chi connectivity index (χ4n) is 1.99. The van der Waals surface area contributed by atoms with E-state index in [1.807, 2.05) is 32.2 Å². The Kier molecular flexibility index (Phi) is 3.72. The summed E-state index contributed by atoms with van der Waals surface area (Å²) in [6, 6.07) is 9.31. The monoisotopic (exact) mass is 247 g/mol. The predicted octanol–water partition coefficient (Wildman–Crippen LogP) is 3.66. The zero-order valence-electron chi connectivity index (χ0n) is 10.4. The zero-order valence-corrected chi connectivity index (χ0v) is 10.4. The molecule has 1 nitrogen and oxygen atoms in total. The summed E-state index contributed by atoms with van der Waals surface area (Å²) in [5, 5.41) is 3.03. The molecule has 0 bridgehead atoms. The van der Waals surface area contributed by atoms with Crippen LogP contribution in [0.3, 0.4) is 0 Å². The topological polar surface area (TPSA) is 12.0 Å². The second-order valence-electron chi connectivity index (χ2n) is 4.32. The van der Waals surface area contributed by atoms with E-state index in [0.29, 0.717) is 12.1 Å². The molecule has 0 atom stereocenters. The first-order chi connectivity index (χ1) is 8.61. The lowest BCUT2D eigenvalue weighted by molar-refractivity contribution is 0.603. The molecule has 0 aromatic heterocycles. The van der Waals surface area contributed by atoms with Gasteiger partial charge in [0.25, 0.3) is 0 Å². The fourth-order valence-corrected chi connectivity index (χ4v) is 1.99. The van der Waals surface area contributed by atoms with Crippen molar-refractivity contribution in [1.29, 1.82) is 0 Å². The molecule has 1 N–H and O–H groups in total. The van der Waals surface area contributed by atoms with Gasteiger partial charge in [-0.2, -0.15) is 0 Å². The SMILES string of the molecule is CNCc1ccc(C)cc1-c1cc(F)ccc1F. The lowest BCUT2D eigenvalue weighted by atomic mass is 9.97. The third-order valence-electron chi connectivity index (χ3n) is 2.85. The van der Waals surface area contributed by atoms with Crippen LogP contribution < -0.4 is 5.32 Å². The van der Waals surface area contributed by atoms with Gasteiger partial charge in [0.15, 0.2) is 0 Å². The molecule has 0 aliphatic rings. The van der Waals surface area contributed by atoms with E-state index in [-0.39, 0.29) is 0 Å². The van der Waals surface area contributed by atoms with Crippen LogP contribution in [0, 0.1) is 18.6 Å². The molecule has 0 unspecified atom stereocenters. The Labute approximate surface area is 105 Å². The van der Waals surface area contributed by atoms with E-state index in [2.05, 4.69) is 5.32 Å². The molecule has 2 aromatic rings. The summed E-state index contributed by atoms with van der Waals surface area (Å²) in [6.45, 7) is 2.55. The van der Waals surface area contributed by atoms with Gasteiger partial charge in [0, 0.05) is 12.1 Å². The van der Waals surface area contributed by atoms with Gasteiger partial charge in [-0.05, 0) is 43.3 Å². The van der Waals surface area contributed by atoms with E-state index < -0.39 is 11.6 Å². The molecule has 0 aliphatic carbocycles. The second-order valence-corrected chi connectivity index (χ2v) is 4.32. The van der Waals surface area contributed by atoms with Crippen molar-refractivity contribution in [2.24, 2.45) is 0 Å². The average molecular weight is 247 g/mol. The number of hydrogen-bond donors (Lipinski definition) is 1. The smallest absolute Gasteiger partial charge is 0.131 e. The summed E-state index contributed by atoms with van der Waals surface area (Å²) >= 11 is 0. The van der Waals surface area contributed by atoms with Crippen LogP contribution in [-0.4, -0.2) is 7.05 Å². The minimum atomic E-state index is -0.427. The molecule has 0 radical (unpaired) electrons. The molecule has 94 valence electrons. The highest BCUT2D eigenvalue weighted by atomic mass is 19.1. The van der Waals surface area contributed by atoms with Gasteiger partial charge in [-0.25, -0.2) is 8.78 Å². The second kappa shape index (κ2) is 5.27. The van der Waals surface area contributed by atoms with Crippen molar-refractivity contribution in [3.63, 3.8) is 0 Å². The van der Waals surface area contributed by atoms with Crippen LogP contribution in [0.15, 0.2) is 36.4 Å². The van der Waals surface area contributed by atoms with Crippen LogP contribution in [0.4, 0.5) is 8.78 Å². The number of nitrogens with one attached hydrogen (secondary N) is 1. The van der Waals surface area contributed by atoms with Gasteiger partial charge in [0.05, 0.1) is 0 Å². The summed E-state index contributed by atoms with van der Waals surface area (Å²) in [6.07, 6.45) is 0. The van der Waals surface area contributed by atoms with Crippen LogP contribution in [-0.2, 0) is 6.54 Å². The molecule has 0 spiro atoms. The summed E-state index contributed by atoms with van der Waals surface area (Å²) in [4.78, 5) is 0. The number of halogens is 2. The minimum absolute atomic E-state index is 0.309. The highest BCUT2D eigenvalue weighted by molar-refractivity contribution is 5.68. The largest absolute Gasteiger partial charge is 0.316 e. The number of hydrogen-bond acceptors (Lipinski definition) is 1. The van der Waals surface area contributed by atoms with Gasteiger partial charge >= 0.3 is 0 Å². The fraction of sp³-hybridized carbons (Fsp3) is 0.200. The summed E-state index contributed by atoms with van der Waals surface area (Å²) in [5.41, 5.74) is 3.02. The van der Waals surface area contributed by atoms with Crippen LogP contribution in [0.5, 0.6) is 0 Å². The van der Waals surface area contributed by atoms with E-state index in [9.17, 15) is 8.78 Å². The summed E-state index contributed by atoms with van der Waals surface area (Å²) < 4.78 is 27.1. The molecule has 0 aliphatic heterocycles. The maximum absolute atomic E-state index is 13.8.